The van der Waals surface area contributed by atoms with E-state index >= 15 is 0 Å². The topological polar surface area (TPSA) is 17.1 Å². The van der Waals surface area contributed by atoms with E-state index in [0.717, 1.165) is 0 Å². The predicted octanol–water partition coefficient (Wildman–Crippen LogP) is 2.87. The Morgan fingerprint density at radius 2 is 1.64 bits per heavy atom. The molecule has 11 heavy (non-hydrogen) atoms. The third-order valence-corrected chi connectivity index (χ3v) is 2.35. The van der Waals surface area contributed by atoms with E-state index in [0.29, 0.717) is 0 Å². The van der Waals surface area contributed by atoms with Crippen LogP contribution >= 0.6 is 11.6 Å². The fourth-order valence-corrected chi connectivity index (χ4v) is 0.946. The summed E-state index contributed by atoms with van der Waals surface area (Å²) in [6.45, 7) is 9.44. The van der Waals surface area contributed by atoms with Crippen LogP contribution in [0.1, 0.15) is 34.6 Å². The van der Waals surface area contributed by atoms with Crippen LogP contribution in [0.25, 0.3) is 0 Å². The molecule has 1 atom stereocenters. The van der Waals surface area contributed by atoms with E-state index in [9.17, 15) is 4.79 Å². The average molecular weight is 177 g/mol. The van der Waals surface area contributed by atoms with E-state index in [-0.39, 0.29) is 17.6 Å². The van der Waals surface area contributed by atoms with Gasteiger partial charge in [-0.25, -0.2) is 0 Å². The van der Waals surface area contributed by atoms with Crippen molar-refractivity contribution >= 4 is 17.4 Å². The maximum Gasteiger partial charge on any atom is 0.139 e. The molecule has 0 rings (SSSR count). The highest BCUT2D eigenvalue weighted by atomic mass is 35.5. The van der Waals surface area contributed by atoms with Gasteiger partial charge in [0.25, 0.3) is 0 Å². The van der Waals surface area contributed by atoms with Crippen LogP contribution in [0.3, 0.4) is 0 Å². The number of hydrogen-bond donors (Lipinski definition) is 0. The van der Waals surface area contributed by atoms with Gasteiger partial charge in [-0.2, -0.15) is 0 Å². The lowest BCUT2D eigenvalue weighted by molar-refractivity contribution is -0.126. The van der Waals surface area contributed by atoms with Gasteiger partial charge in [-0.1, -0.05) is 20.8 Å². The minimum absolute atomic E-state index is 0.0656. The second-order valence-corrected chi connectivity index (χ2v) is 4.82. The Morgan fingerprint density at radius 1 is 1.27 bits per heavy atom. The highest BCUT2D eigenvalue weighted by molar-refractivity contribution is 6.25. The summed E-state index contributed by atoms with van der Waals surface area (Å²) in [7, 11) is 0. The molecule has 0 aliphatic carbocycles. The third-order valence-electron chi connectivity index (χ3n) is 2.03. The quantitative estimate of drug-likeness (QED) is 0.605. The van der Waals surface area contributed by atoms with Crippen LogP contribution < -0.4 is 0 Å². The van der Waals surface area contributed by atoms with Crippen molar-refractivity contribution in [1.29, 1.82) is 0 Å². The van der Waals surface area contributed by atoms with Crippen molar-refractivity contribution in [3.63, 3.8) is 0 Å². The lowest BCUT2D eigenvalue weighted by Crippen LogP contribution is -2.32. The van der Waals surface area contributed by atoms with Crippen LogP contribution in [0.2, 0.25) is 0 Å². The number of ketones is 1. The molecule has 0 aliphatic heterocycles. The molecule has 1 unspecified atom stereocenters. The molecule has 2 heteroatoms. The normalized spacial score (nSPS) is 15.2. The first kappa shape index (κ1) is 11.0. The van der Waals surface area contributed by atoms with Gasteiger partial charge in [0.05, 0.1) is 0 Å². The monoisotopic (exact) mass is 176 g/mol. The minimum Gasteiger partial charge on any atom is -0.299 e. The lowest BCUT2D eigenvalue weighted by atomic mass is 9.87. The Balaban J connectivity index is 4.26. The molecule has 0 heterocycles. The summed E-state index contributed by atoms with van der Waals surface area (Å²) < 4.78 is 0. The van der Waals surface area contributed by atoms with E-state index in [2.05, 4.69) is 0 Å². The Bertz CT molecular complexity index is 144. The van der Waals surface area contributed by atoms with Crippen molar-refractivity contribution in [1.82, 2.24) is 0 Å². The smallest absolute Gasteiger partial charge is 0.139 e. The molecule has 0 spiro atoms. The van der Waals surface area contributed by atoms with E-state index < -0.39 is 4.87 Å². The molecule has 0 bridgehead atoms. The van der Waals surface area contributed by atoms with Crippen molar-refractivity contribution in [2.24, 2.45) is 11.8 Å². The van der Waals surface area contributed by atoms with Gasteiger partial charge in [0, 0.05) is 16.7 Å². The van der Waals surface area contributed by atoms with E-state index in [1.54, 1.807) is 0 Å². The molecule has 0 N–H and O–H groups in total. The average Bonchev–Trinajstić information content (AvgIpc) is 1.82. The molecule has 0 saturated carbocycles. The molecule has 0 aromatic carbocycles. The number of halogens is 1. The molecular formula is C9H17ClO. The lowest BCUT2D eigenvalue weighted by Gasteiger charge is -2.24. The summed E-state index contributed by atoms with van der Waals surface area (Å²) in [6, 6.07) is 0. The van der Waals surface area contributed by atoms with Crippen molar-refractivity contribution in [2.45, 2.75) is 39.5 Å². The van der Waals surface area contributed by atoms with Crippen LogP contribution in [0.15, 0.2) is 0 Å². The van der Waals surface area contributed by atoms with E-state index in [1.165, 1.54) is 0 Å². The first-order valence-electron chi connectivity index (χ1n) is 3.99. The van der Waals surface area contributed by atoms with Crippen LogP contribution in [0.5, 0.6) is 0 Å². The van der Waals surface area contributed by atoms with Gasteiger partial charge in [0.2, 0.25) is 0 Å². The number of rotatable bonds is 3. The van der Waals surface area contributed by atoms with Crippen molar-refractivity contribution in [3.8, 4) is 0 Å². The van der Waals surface area contributed by atoms with Crippen molar-refractivity contribution in [3.05, 3.63) is 0 Å². The van der Waals surface area contributed by atoms with Crippen molar-refractivity contribution in [2.75, 3.05) is 0 Å². The van der Waals surface area contributed by atoms with Gasteiger partial charge in [-0.15, -0.1) is 11.6 Å². The Labute approximate surface area is 74.1 Å². The fourth-order valence-electron chi connectivity index (χ4n) is 0.838. The molecule has 0 aromatic heterocycles. The van der Waals surface area contributed by atoms with Crippen LogP contribution in [0.4, 0.5) is 0 Å². The van der Waals surface area contributed by atoms with Crippen molar-refractivity contribution < 1.29 is 4.79 Å². The van der Waals surface area contributed by atoms with Gasteiger partial charge in [0.15, 0.2) is 0 Å². The third kappa shape index (κ3) is 3.24. The Hall–Kier alpha value is -0.0400. The molecule has 66 valence electrons. The number of carbonyl (C=O) groups excluding carboxylic acids is 1. The molecule has 0 fully saturated rings. The zero-order valence-electron chi connectivity index (χ0n) is 7.94. The van der Waals surface area contributed by atoms with Gasteiger partial charge in [-0.05, 0) is 13.8 Å². The van der Waals surface area contributed by atoms with E-state index in [1.807, 2.05) is 34.6 Å². The largest absolute Gasteiger partial charge is 0.299 e. The summed E-state index contributed by atoms with van der Waals surface area (Å²) in [5.74, 6) is 0.261. The Kier molecular flexibility index (Phi) is 3.56. The fraction of sp³-hybridized carbons (Fsp3) is 0.889. The summed E-state index contributed by atoms with van der Waals surface area (Å²) in [5, 5.41) is 0. The molecular weight excluding hydrogens is 160 g/mol. The highest BCUT2D eigenvalue weighted by Crippen LogP contribution is 2.26. The van der Waals surface area contributed by atoms with Crippen LogP contribution in [0, 0.1) is 11.8 Å². The van der Waals surface area contributed by atoms with Gasteiger partial charge in [0.1, 0.15) is 5.78 Å². The SMILES string of the molecule is CC(C)C(=O)C(C)C(C)(C)Cl. The molecule has 1 nitrogen and oxygen atoms in total. The Morgan fingerprint density at radius 3 is 1.73 bits per heavy atom. The number of carbonyl (C=O) groups is 1. The molecule has 0 aromatic rings. The van der Waals surface area contributed by atoms with E-state index in [4.69, 9.17) is 11.6 Å². The molecule has 0 amide bonds. The highest BCUT2D eigenvalue weighted by Gasteiger charge is 2.29. The minimum atomic E-state index is -0.415. The summed E-state index contributed by atoms with van der Waals surface area (Å²) in [6.07, 6.45) is 0. The summed E-state index contributed by atoms with van der Waals surface area (Å²) in [5.41, 5.74) is 0. The zero-order chi connectivity index (χ0) is 9.23. The van der Waals surface area contributed by atoms with Gasteiger partial charge < -0.3 is 0 Å². The summed E-state index contributed by atoms with van der Waals surface area (Å²) >= 11 is 6.00. The number of alkyl halides is 1. The molecule has 0 aliphatic rings. The van der Waals surface area contributed by atoms with Gasteiger partial charge in [-0.3, -0.25) is 4.79 Å². The number of hydrogen-bond acceptors (Lipinski definition) is 1. The standard InChI is InChI=1S/C9H17ClO/c1-6(2)8(11)7(3)9(4,5)10/h6-7H,1-5H3. The van der Waals surface area contributed by atoms with Gasteiger partial charge >= 0.3 is 0 Å². The summed E-state index contributed by atoms with van der Waals surface area (Å²) in [4.78, 5) is 11.0. The molecule has 0 radical (unpaired) electrons. The second-order valence-electron chi connectivity index (χ2n) is 3.84. The maximum atomic E-state index is 11.4. The predicted molar refractivity (Wildman–Crippen MR) is 48.9 cm³/mol. The second kappa shape index (κ2) is 3.57. The first-order chi connectivity index (χ1) is 4.76. The zero-order valence-corrected chi connectivity index (χ0v) is 8.70. The first-order valence-corrected chi connectivity index (χ1v) is 4.37. The molecule has 0 saturated heterocycles. The maximum absolute atomic E-state index is 11.4. The van der Waals surface area contributed by atoms with Crippen LogP contribution in [-0.2, 0) is 4.79 Å². The number of Topliss-reactive ketones (excluding diaryl/α,β-unsaturated/α-hetero) is 1. The van der Waals surface area contributed by atoms with Crippen LogP contribution in [-0.4, -0.2) is 10.7 Å².